The fourth-order valence-corrected chi connectivity index (χ4v) is 3.39. The second kappa shape index (κ2) is 8.38. The molecular weight excluding hydrogens is 440 g/mol. The van der Waals surface area contributed by atoms with E-state index in [4.69, 9.17) is 23.1 Å². The molecule has 13 heteroatoms. The molecule has 2 aromatic rings. The molecule has 1 saturated heterocycles. The second-order valence-corrected chi connectivity index (χ2v) is 7.00. The Morgan fingerprint density at radius 3 is 2.59 bits per heavy atom. The van der Waals surface area contributed by atoms with Crippen molar-refractivity contribution >= 4 is 25.3 Å². The zero-order chi connectivity index (χ0) is 23.8. The highest BCUT2D eigenvalue weighted by molar-refractivity contribution is 6.16. The number of alkyl halides is 3. The summed E-state index contributed by atoms with van der Waals surface area (Å²) in [6.45, 7) is 0. The molecule has 1 aliphatic rings. The summed E-state index contributed by atoms with van der Waals surface area (Å²) in [5.41, 5.74) is 1.41. The number of anilines is 1. The Bertz CT molecular complexity index is 1070. The van der Waals surface area contributed by atoms with Crippen molar-refractivity contribution in [2.24, 2.45) is 5.73 Å². The van der Waals surface area contributed by atoms with Gasteiger partial charge in [0.1, 0.15) is 25.1 Å². The maximum Gasteiger partial charge on any atom is 0.408 e. The molecule has 32 heavy (non-hydrogen) atoms. The number of carbonyl (C=O) groups excluding carboxylic acids is 2. The maximum atomic E-state index is 14.2. The quantitative estimate of drug-likeness (QED) is 0.533. The lowest BCUT2D eigenvalue weighted by Crippen LogP contribution is -2.46. The third-order valence-corrected chi connectivity index (χ3v) is 4.93. The number of amides is 2. The van der Waals surface area contributed by atoms with Crippen LogP contribution in [0.2, 0.25) is 0 Å². The fraction of sp³-hybridized carbons (Fsp3) is 0.316. The van der Waals surface area contributed by atoms with E-state index in [0.29, 0.717) is 6.07 Å². The first-order valence-corrected chi connectivity index (χ1v) is 9.00. The molecule has 1 aliphatic heterocycles. The van der Waals surface area contributed by atoms with Gasteiger partial charge in [-0.25, -0.2) is 4.39 Å². The molecule has 168 valence electrons. The van der Waals surface area contributed by atoms with Gasteiger partial charge in [-0.15, -0.1) is 0 Å². The average Bonchev–Trinajstić information content (AvgIpc) is 3.09. The number of nitrogens with two attached hydrogens (primary N) is 1. The van der Waals surface area contributed by atoms with Crippen molar-refractivity contribution < 1.29 is 41.0 Å². The summed E-state index contributed by atoms with van der Waals surface area (Å²) in [7, 11) is 6.40. The third-order valence-electron chi connectivity index (χ3n) is 4.93. The number of ether oxygens (including phenoxy) is 2. The van der Waals surface area contributed by atoms with Crippen LogP contribution in [0.5, 0.6) is 5.75 Å². The summed E-state index contributed by atoms with van der Waals surface area (Å²) in [6.07, 6.45) is -6.78. The molecule has 2 heterocycles. The summed E-state index contributed by atoms with van der Waals surface area (Å²) in [5.74, 6) is -6.85. The summed E-state index contributed by atoms with van der Waals surface area (Å²) in [6, 6.07) is 4.03. The van der Waals surface area contributed by atoms with Crippen LogP contribution in [0.4, 0.5) is 27.6 Å². The standard InChI is InChI=1S/C19H15BF5N3O4/c1-31-14-9(2-3-11(21)13(14)22)10-7-18(20,19(23,24)25)32-15(10)17(30)28-8-4-5-27-12(6-8)16(26)29/h2-6,10,15H,7H2,1H3,(H2,26,29)(H,27,28,30)/t10-,15+,18+/m1/s1. The number of nitrogens with zero attached hydrogens (tertiary/aromatic N) is 1. The molecule has 0 unspecified atom stereocenters. The fourth-order valence-electron chi connectivity index (χ4n) is 3.39. The van der Waals surface area contributed by atoms with E-state index in [0.717, 1.165) is 25.4 Å². The van der Waals surface area contributed by atoms with Gasteiger partial charge in [0.25, 0.3) is 11.8 Å². The number of aromatic nitrogens is 1. The Kier molecular flexibility index (Phi) is 6.14. The molecule has 1 aromatic heterocycles. The van der Waals surface area contributed by atoms with Crippen molar-refractivity contribution in [1.82, 2.24) is 4.98 Å². The van der Waals surface area contributed by atoms with E-state index in [2.05, 4.69) is 10.3 Å². The zero-order valence-corrected chi connectivity index (χ0v) is 16.4. The van der Waals surface area contributed by atoms with Crippen LogP contribution in [0.3, 0.4) is 0 Å². The highest BCUT2D eigenvalue weighted by Crippen LogP contribution is 2.50. The minimum absolute atomic E-state index is 0.0140. The number of methoxy groups -OCH3 is 1. The Morgan fingerprint density at radius 2 is 2.00 bits per heavy atom. The van der Waals surface area contributed by atoms with E-state index in [1.807, 2.05) is 0 Å². The van der Waals surface area contributed by atoms with Crippen LogP contribution >= 0.6 is 0 Å². The van der Waals surface area contributed by atoms with Crippen LogP contribution in [0.15, 0.2) is 30.5 Å². The Hall–Kier alpha value is -3.22. The number of benzene rings is 1. The van der Waals surface area contributed by atoms with Crippen molar-refractivity contribution in [2.45, 2.75) is 30.1 Å². The van der Waals surface area contributed by atoms with Crippen LogP contribution in [0, 0.1) is 11.6 Å². The van der Waals surface area contributed by atoms with Crippen molar-refractivity contribution in [3.8, 4) is 5.75 Å². The molecule has 0 spiro atoms. The number of hydrogen-bond donors (Lipinski definition) is 2. The lowest BCUT2D eigenvalue weighted by molar-refractivity contribution is -0.234. The number of rotatable bonds is 5. The van der Waals surface area contributed by atoms with Gasteiger partial charge in [0, 0.05) is 23.4 Å². The molecule has 3 atom stereocenters. The lowest BCUT2D eigenvalue weighted by Gasteiger charge is -2.27. The Balaban J connectivity index is 2.01. The number of pyridine rings is 1. The first kappa shape index (κ1) is 23.4. The van der Waals surface area contributed by atoms with E-state index in [-0.39, 0.29) is 16.9 Å². The van der Waals surface area contributed by atoms with Crippen molar-refractivity contribution in [3.05, 3.63) is 53.4 Å². The van der Waals surface area contributed by atoms with E-state index in [1.165, 1.54) is 6.07 Å². The number of primary amides is 1. The van der Waals surface area contributed by atoms with Crippen molar-refractivity contribution in [3.63, 3.8) is 0 Å². The van der Waals surface area contributed by atoms with Crippen molar-refractivity contribution in [1.29, 1.82) is 0 Å². The van der Waals surface area contributed by atoms with Crippen LogP contribution in [0.25, 0.3) is 0 Å². The highest BCUT2D eigenvalue weighted by Gasteiger charge is 2.60. The Morgan fingerprint density at radius 1 is 1.31 bits per heavy atom. The van der Waals surface area contributed by atoms with Crippen LogP contribution in [-0.4, -0.2) is 49.5 Å². The normalized spacial score (nSPS) is 23.1. The van der Waals surface area contributed by atoms with Gasteiger partial charge in [-0.1, -0.05) is 6.07 Å². The Labute approximate surface area is 179 Å². The summed E-state index contributed by atoms with van der Waals surface area (Å²) < 4.78 is 78.2. The van der Waals surface area contributed by atoms with Crippen LogP contribution in [0.1, 0.15) is 28.4 Å². The number of halogens is 5. The zero-order valence-electron chi connectivity index (χ0n) is 16.4. The van der Waals surface area contributed by atoms with Gasteiger partial charge in [-0.3, -0.25) is 14.6 Å². The van der Waals surface area contributed by atoms with Gasteiger partial charge in [0.15, 0.2) is 11.6 Å². The van der Waals surface area contributed by atoms with E-state index in [9.17, 15) is 31.5 Å². The molecule has 3 rings (SSSR count). The topological polar surface area (TPSA) is 104 Å². The average molecular weight is 455 g/mol. The van der Waals surface area contributed by atoms with Gasteiger partial charge in [-0.2, -0.15) is 17.6 Å². The molecule has 0 aliphatic carbocycles. The predicted molar refractivity (Wildman–Crippen MR) is 101 cm³/mol. The molecule has 3 N–H and O–H groups in total. The predicted octanol–water partition coefficient (Wildman–Crippen LogP) is 2.41. The maximum absolute atomic E-state index is 14.2. The monoisotopic (exact) mass is 455 g/mol. The van der Waals surface area contributed by atoms with E-state index >= 15 is 0 Å². The number of carbonyl (C=O) groups is 2. The van der Waals surface area contributed by atoms with Gasteiger partial charge in [0.05, 0.1) is 7.11 Å². The molecule has 2 radical (unpaired) electrons. The molecule has 7 nitrogen and oxygen atoms in total. The van der Waals surface area contributed by atoms with Gasteiger partial charge in [0.2, 0.25) is 5.82 Å². The third kappa shape index (κ3) is 4.24. The molecule has 0 bridgehead atoms. The summed E-state index contributed by atoms with van der Waals surface area (Å²) >= 11 is 0. The lowest BCUT2D eigenvalue weighted by atomic mass is 9.74. The van der Waals surface area contributed by atoms with Gasteiger partial charge in [-0.05, 0) is 24.6 Å². The number of nitrogens with one attached hydrogen (secondary N) is 1. The summed E-state index contributed by atoms with van der Waals surface area (Å²) in [5, 5.41) is 2.29. The second-order valence-electron chi connectivity index (χ2n) is 7.00. The first-order chi connectivity index (χ1) is 14.9. The van der Waals surface area contributed by atoms with Crippen molar-refractivity contribution in [2.75, 3.05) is 12.4 Å². The smallest absolute Gasteiger partial charge is 0.408 e. The minimum Gasteiger partial charge on any atom is -0.493 e. The van der Waals surface area contributed by atoms with Gasteiger partial charge < -0.3 is 20.5 Å². The van der Waals surface area contributed by atoms with Gasteiger partial charge >= 0.3 is 6.18 Å². The molecular formula is C19H15BF5N3O4. The molecule has 2 amide bonds. The number of hydrogen-bond acceptors (Lipinski definition) is 5. The molecule has 1 aromatic carbocycles. The van der Waals surface area contributed by atoms with Crippen LogP contribution in [-0.2, 0) is 9.53 Å². The summed E-state index contributed by atoms with van der Waals surface area (Å²) in [4.78, 5) is 27.8. The van der Waals surface area contributed by atoms with E-state index in [1.54, 1.807) is 0 Å². The molecule has 0 saturated carbocycles. The van der Waals surface area contributed by atoms with Crippen LogP contribution < -0.4 is 15.8 Å². The largest absolute Gasteiger partial charge is 0.493 e. The SMILES string of the molecule is [B][C@@]1(C(F)(F)F)C[C@H](c2ccc(F)c(F)c2OC)[C@@H](C(=O)Nc2ccnc(C(N)=O)c2)O1. The molecule has 1 fully saturated rings. The highest BCUT2D eigenvalue weighted by atomic mass is 19.4. The minimum atomic E-state index is -5.08. The van der Waals surface area contributed by atoms with E-state index < -0.39 is 59.3 Å². The first-order valence-electron chi connectivity index (χ1n) is 9.00.